The summed E-state index contributed by atoms with van der Waals surface area (Å²) in [5.41, 5.74) is 0.125. The number of nitrogens with zero attached hydrogens (tertiary/aromatic N) is 3. The van der Waals surface area contributed by atoms with E-state index >= 15 is 0 Å². The fraction of sp³-hybridized carbons (Fsp3) is 0.227. The number of ether oxygens (including phenoxy) is 1. The Morgan fingerprint density at radius 1 is 1.08 bits per heavy atom. The average Bonchev–Trinajstić information content (AvgIpc) is 2.74. The van der Waals surface area contributed by atoms with Crippen LogP contribution in [0.15, 0.2) is 47.0 Å². The van der Waals surface area contributed by atoms with Crippen LogP contribution in [0.4, 0.5) is 38.0 Å². The molecule has 3 rings (SSSR count). The monoisotopic (exact) mass is 532 g/mol. The van der Waals surface area contributed by atoms with Crippen LogP contribution in [-0.4, -0.2) is 39.1 Å². The normalized spacial score (nSPS) is 13.1. The van der Waals surface area contributed by atoms with Gasteiger partial charge >= 0.3 is 12.1 Å². The van der Waals surface area contributed by atoms with Gasteiger partial charge in [-0.15, -0.1) is 0 Å². The zero-order valence-electron chi connectivity index (χ0n) is 18.7. The number of hydrogen-bond donors (Lipinski definition) is 1. The number of halogens is 6. The number of rotatable bonds is 7. The van der Waals surface area contributed by atoms with Crippen molar-refractivity contribution in [2.24, 2.45) is 4.36 Å². The van der Waals surface area contributed by atoms with Gasteiger partial charge in [-0.25, -0.2) is 23.0 Å². The number of anilines is 2. The van der Waals surface area contributed by atoms with Crippen LogP contribution in [0.5, 0.6) is 5.75 Å². The van der Waals surface area contributed by atoms with E-state index in [4.69, 9.17) is 4.74 Å². The summed E-state index contributed by atoms with van der Waals surface area (Å²) in [5, 5.41) is 2.62. The van der Waals surface area contributed by atoms with Crippen molar-refractivity contribution in [3.63, 3.8) is 0 Å². The Hall–Kier alpha value is -3.68. The van der Waals surface area contributed by atoms with Crippen LogP contribution in [0.3, 0.4) is 0 Å². The molecule has 0 aliphatic carbocycles. The molecular weight excluding hydrogens is 514 g/mol. The second kappa shape index (κ2) is 10.5. The molecule has 0 saturated heterocycles. The van der Waals surface area contributed by atoms with Crippen LogP contribution in [0.25, 0.3) is 11.1 Å². The van der Waals surface area contributed by atoms with Gasteiger partial charge in [0, 0.05) is 23.4 Å². The molecule has 7 nitrogen and oxygen atoms in total. The highest BCUT2D eigenvalue weighted by Gasteiger charge is 2.39. The second-order valence-corrected chi connectivity index (χ2v) is 9.82. The lowest BCUT2D eigenvalue weighted by Crippen LogP contribution is -2.22. The number of pyridine rings is 2. The van der Waals surface area contributed by atoms with Gasteiger partial charge < -0.3 is 10.1 Å². The Kier molecular flexibility index (Phi) is 7.86. The van der Waals surface area contributed by atoms with Gasteiger partial charge in [-0.1, -0.05) is 0 Å². The van der Waals surface area contributed by atoms with Crippen molar-refractivity contribution in [3.05, 3.63) is 65.7 Å². The van der Waals surface area contributed by atoms with E-state index in [1.54, 1.807) is 6.92 Å². The molecule has 0 aliphatic rings. The highest BCUT2D eigenvalue weighted by Crippen LogP contribution is 2.34. The molecule has 1 N–H and O–H groups in total. The largest absolute Gasteiger partial charge is 0.493 e. The maximum absolute atomic E-state index is 14.6. The van der Waals surface area contributed by atoms with Gasteiger partial charge in [-0.05, 0) is 42.8 Å². The van der Waals surface area contributed by atoms with Crippen LogP contribution in [0, 0.1) is 17.6 Å². The molecule has 0 fully saturated rings. The van der Waals surface area contributed by atoms with Crippen molar-refractivity contribution in [3.8, 4) is 16.9 Å². The van der Waals surface area contributed by atoms with Gasteiger partial charge in [0.2, 0.25) is 5.95 Å². The highest BCUT2D eigenvalue weighted by atomic mass is 32.2. The van der Waals surface area contributed by atoms with Crippen molar-refractivity contribution >= 4 is 27.3 Å². The van der Waals surface area contributed by atoms with E-state index in [0.29, 0.717) is 0 Å². The van der Waals surface area contributed by atoms with E-state index in [-0.39, 0.29) is 40.7 Å². The zero-order chi connectivity index (χ0) is 26.7. The van der Waals surface area contributed by atoms with Crippen molar-refractivity contribution in [1.29, 1.82) is 0 Å². The fourth-order valence-electron chi connectivity index (χ4n) is 3.10. The van der Waals surface area contributed by atoms with Gasteiger partial charge in [0.05, 0.1) is 28.3 Å². The van der Waals surface area contributed by atoms with Gasteiger partial charge in [-0.3, -0.25) is 4.79 Å². The van der Waals surface area contributed by atoms with E-state index in [2.05, 4.69) is 19.6 Å². The van der Waals surface area contributed by atoms with Crippen molar-refractivity contribution in [2.75, 3.05) is 18.2 Å². The average molecular weight is 532 g/mol. The van der Waals surface area contributed by atoms with E-state index in [1.807, 2.05) is 0 Å². The van der Waals surface area contributed by atoms with E-state index in [9.17, 15) is 35.3 Å². The number of nitrogens with one attached hydrogen (secondary N) is 1. The third kappa shape index (κ3) is 6.93. The van der Waals surface area contributed by atoms with Crippen LogP contribution in [-0.2, 0) is 20.3 Å². The quantitative estimate of drug-likeness (QED) is 0.324. The lowest BCUT2D eigenvalue weighted by atomic mass is 10.0. The second-order valence-electron chi connectivity index (χ2n) is 7.43. The molecule has 0 aliphatic heterocycles. The molecule has 0 radical (unpaired) electrons. The molecular formula is C22H18F6N4O3S. The summed E-state index contributed by atoms with van der Waals surface area (Å²) < 4.78 is 100. The Balaban J connectivity index is 1.93. The lowest BCUT2D eigenvalue weighted by Gasteiger charge is -2.13. The molecule has 36 heavy (non-hydrogen) atoms. The molecule has 1 aromatic carbocycles. The molecule has 0 bridgehead atoms. The summed E-state index contributed by atoms with van der Waals surface area (Å²) in [4.78, 5) is 18.5. The van der Waals surface area contributed by atoms with Crippen molar-refractivity contribution in [1.82, 2.24) is 9.97 Å². The Labute approximate surface area is 201 Å². The first kappa shape index (κ1) is 26.9. The first-order chi connectivity index (χ1) is 16.8. The number of aromatic nitrogens is 2. The van der Waals surface area contributed by atoms with Gasteiger partial charge in [0.25, 0.3) is 0 Å². The van der Waals surface area contributed by atoms with Gasteiger partial charge in [0.15, 0.2) is 0 Å². The maximum Gasteiger partial charge on any atom is 0.474 e. The third-order valence-electron chi connectivity index (χ3n) is 4.45. The smallest absolute Gasteiger partial charge is 0.474 e. The van der Waals surface area contributed by atoms with Crippen molar-refractivity contribution < 1.29 is 40.1 Å². The third-order valence-corrected chi connectivity index (χ3v) is 5.87. The standard InChI is InChI=1S/C22H18F6N4O3S/c1-3-35-17-8-13(23)4-5-14(17)15-9-19(29-10-16(15)24)31-20-7-12(6-18(25)30-20)11-36(2,34)32-21(33)22(26,27)28/h4-10H,3,11H2,1-2H3,(H,29,30,31). The summed E-state index contributed by atoms with van der Waals surface area (Å²) in [5.74, 6) is -5.77. The predicted molar refractivity (Wildman–Crippen MR) is 119 cm³/mol. The first-order valence-electron chi connectivity index (χ1n) is 10.1. The molecule has 2 heterocycles. The minimum atomic E-state index is -5.30. The van der Waals surface area contributed by atoms with Gasteiger partial charge in [0.1, 0.15) is 29.0 Å². The minimum Gasteiger partial charge on any atom is -0.493 e. The SMILES string of the molecule is CCOc1cc(F)ccc1-c1cc(Nc2cc(CS(C)(=O)=NC(=O)C(F)(F)F)cc(F)n2)ncc1F. The summed E-state index contributed by atoms with van der Waals surface area (Å²) in [7, 11) is -3.71. The molecule has 192 valence electrons. The van der Waals surface area contributed by atoms with Crippen molar-refractivity contribution in [2.45, 2.75) is 18.9 Å². The lowest BCUT2D eigenvalue weighted by molar-refractivity contribution is -0.169. The Morgan fingerprint density at radius 3 is 2.47 bits per heavy atom. The van der Waals surface area contributed by atoms with Crippen LogP contribution >= 0.6 is 0 Å². The van der Waals surface area contributed by atoms with Crippen LogP contribution < -0.4 is 10.1 Å². The summed E-state index contributed by atoms with van der Waals surface area (Å²) in [6.07, 6.45) is -3.61. The summed E-state index contributed by atoms with van der Waals surface area (Å²) in [6.45, 7) is 1.85. The van der Waals surface area contributed by atoms with E-state index in [0.717, 1.165) is 36.7 Å². The predicted octanol–water partition coefficient (Wildman–Crippen LogP) is 5.39. The molecule has 1 unspecified atom stereocenters. The number of benzene rings is 1. The number of carbonyl (C=O) groups is 1. The van der Waals surface area contributed by atoms with Crippen LogP contribution in [0.1, 0.15) is 12.5 Å². The molecule has 2 aromatic heterocycles. The molecule has 0 spiro atoms. The minimum absolute atomic E-state index is 0.0172. The molecule has 14 heteroatoms. The van der Waals surface area contributed by atoms with Crippen LogP contribution in [0.2, 0.25) is 0 Å². The molecule has 1 amide bonds. The topological polar surface area (TPSA) is 93.5 Å². The number of hydrogen-bond acceptors (Lipinski definition) is 6. The highest BCUT2D eigenvalue weighted by molar-refractivity contribution is 7.92. The summed E-state index contributed by atoms with van der Waals surface area (Å²) in [6, 6.07) is 6.72. The zero-order valence-corrected chi connectivity index (χ0v) is 19.5. The molecule has 1 atom stereocenters. The van der Waals surface area contributed by atoms with E-state index < -0.39 is 45.1 Å². The fourth-order valence-corrected chi connectivity index (χ4v) is 4.41. The maximum atomic E-state index is 14.6. The molecule has 3 aromatic rings. The number of alkyl halides is 3. The Morgan fingerprint density at radius 2 is 1.81 bits per heavy atom. The first-order valence-corrected chi connectivity index (χ1v) is 12.2. The van der Waals surface area contributed by atoms with E-state index in [1.165, 1.54) is 12.1 Å². The van der Waals surface area contributed by atoms with Gasteiger partial charge in [-0.2, -0.15) is 21.9 Å². The Bertz CT molecular complexity index is 1420. The number of amides is 1. The molecule has 0 saturated carbocycles. The number of carbonyl (C=O) groups excluding carboxylic acids is 1. The summed E-state index contributed by atoms with van der Waals surface area (Å²) >= 11 is 0.